The van der Waals surface area contributed by atoms with Crippen LogP contribution in [0.15, 0.2) is 41.5 Å². The Kier molecular flexibility index (Phi) is 7.23. The third kappa shape index (κ3) is 5.00. The molecule has 0 saturated carbocycles. The van der Waals surface area contributed by atoms with E-state index in [-0.39, 0.29) is 11.9 Å². The molecule has 1 aromatic heterocycles. The number of fused-ring (bicyclic) bond motifs is 1. The number of guanidine groups is 1. The number of hydrogen-bond acceptors (Lipinski definition) is 4. The molecule has 2 heterocycles. The maximum Gasteiger partial charge on any atom is 0.309 e. The minimum atomic E-state index is -0.0625. The number of likely N-dealkylation sites (tertiary alicyclic amines) is 1. The van der Waals surface area contributed by atoms with Crippen LogP contribution in [0.4, 0.5) is 0 Å². The zero-order valence-electron chi connectivity index (χ0n) is 16.9. The van der Waals surface area contributed by atoms with Crippen molar-refractivity contribution >= 4 is 22.8 Å². The summed E-state index contributed by atoms with van der Waals surface area (Å²) in [7, 11) is 0. The number of esters is 1. The summed E-state index contributed by atoms with van der Waals surface area (Å²) in [4.78, 5) is 23.6. The fourth-order valence-electron chi connectivity index (χ4n) is 3.66. The number of aromatic nitrogens is 1. The van der Waals surface area contributed by atoms with E-state index >= 15 is 0 Å². The zero-order valence-corrected chi connectivity index (χ0v) is 16.9. The topological polar surface area (TPSA) is 66.8 Å². The van der Waals surface area contributed by atoms with Gasteiger partial charge >= 0.3 is 5.97 Å². The van der Waals surface area contributed by atoms with E-state index in [1.165, 1.54) is 5.56 Å². The van der Waals surface area contributed by atoms with Gasteiger partial charge in [0.1, 0.15) is 0 Å². The largest absolute Gasteiger partial charge is 0.466 e. The number of piperidine rings is 1. The number of rotatable bonds is 6. The first-order valence-electron chi connectivity index (χ1n) is 10.3. The van der Waals surface area contributed by atoms with Crippen molar-refractivity contribution in [1.82, 2.24) is 15.2 Å². The fraction of sp³-hybridized carbons (Fsp3) is 0.500. The van der Waals surface area contributed by atoms with Crippen LogP contribution < -0.4 is 5.32 Å². The maximum absolute atomic E-state index is 11.9. The Morgan fingerprint density at radius 2 is 2.04 bits per heavy atom. The molecule has 0 bridgehead atoms. The molecule has 1 saturated heterocycles. The number of ether oxygens (including phenoxy) is 1. The molecule has 1 aliphatic rings. The first kappa shape index (κ1) is 20.1. The molecule has 3 rings (SSSR count). The highest BCUT2D eigenvalue weighted by molar-refractivity contribution is 5.82. The summed E-state index contributed by atoms with van der Waals surface area (Å²) in [5, 5.41) is 4.55. The summed E-state index contributed by atoms with van der Waals surface area (Å²) >= 11 is 0. The smallest absolute Gasteiger partial charge is 0.309 e. The van der Waals surface area contributed by atoms with Crippen molar-refractivity contribution in [3.05, 3.63) is 42.1 Å². The van der Waals surface area contributed by atoms with Crippen LogP contribution in [-0.4, -0.2) is 54.6 Å². The Morgan fingerprint density at radius 1 is 1.25 bits per heavy atom. The molecular weight excluding hydrogens is 352 g/mol. The summed E-state index contributed by atoms with van der Waals surface area (Å²) in [6, 6.07) is 10.4. The van der Waals surface area contributed by atoms with Gasteiger partial charge in [-0.05, 0) is 44.7 Å². The van der Waals surface area contributed by atoms with E-state index in [1.807, 2.05) is 19.2 Å². The molecule has 0 amide bonds. The summed E-state index contributed by atoms with van der Waals surface area (Å²) in [5.74, 6) is 0.881. The van der Waals surface area contributed by atoms with E-state index in [0.717, 1.165) is 55.8 Å². The van der Waals surface area contributed by atoms with Crippen molar-refractivity contribution in [3.8, 4) is 0 Å². The molecule has 1 aromatic carbocycles. The van der Waals surface area contributed by atoms with E-state index in [9.17, 15) is 4.79 Å². The Labute approximate surface area is 167 Å². The van der Waals surface area contributed by atoms with Crippen LogP contribution in [0.25, 0.3) is 10.9 Å². The van der Waals surface area contributed by atoms with Crippen LogP contribution in [0.3, 0.4) is 0 Å². The normalized spacial score (nSPS) is 15.6. The third-order valence-corrected chi connectivity index (χ3v) is 5.11. The molecular formula is C22H30N4O2. The highest BCUT2D eigenvalue weighted by Crippen LogP contribution is 2.19. The van der Waals surface area contributed by atoms with Crippen molar-refractivity contribution in [1.29, 1.82) is 0 Å². The molecule has 0 atom stereocenters. The predicted molar refractivity (Wildman–Crippen MR) is 112 cm³/mol. The molecule has 6 heteroatoms. The summed E-state index contributed by atoms with van der Waals surface area (Å²) in [5.41, 5.74) is 2.28. The second-order valence-corrected chi connectivity index (χ2v) is 6.99. The standard InChI is InChI=1S/C22H30N4O2/c1-3-23-22(26-15-11-19(12-16-26)21(27)28-4-2)25-14-10-18-8-5-7-17-9-6-13-24-20(17)18/h5-9,13,19H,3-4,10-12,14-16H2,1-2H3,(H,23,25). The number of hydrogen-bond donors (Lipinski definition) is 1. The molecule has 1 fully saturated rings. The van der Waals surface area contributed by atoms with Gasteiger partial charge in [0.25, 0.3) is 0 Å². The first-order valence-corrected chi connectivity index (χ1v) is 10.3. The Hall–Kier alpha value is -2.63. The molecule has 150 valence electrons. The Morgan fingerprint density at radius 3 is 2.79 bits per heavy atom. The number of benzene rings is 1. The predicted octanol–water partition coefficient (Wildman–Crippen LogP) is 3.02. The number of para-hydroxylation sites is 1. The lowest BCUT2D eigenvalue weighted by molar-refractivity contribution is -0.149. The molecule has 0 radical (unpaired) electrons. The van der Waals surface area contributed by atoms with Gasteiger partial charge in [-0.15, -0.1) is 0 Å². The van der Waals surface area contributed by atoms with Crippen molar-refractivity contribution < 1.29 is 9.53 Å². The lowest BCUT2D eigenvalue weighted by Crippen LogP contribution is -2.46. The van der Waals surface area contributed by atoms with Gasteiger partial charge in [-0.1, -0.05) is 24.3 Å². The number of aliphatic imine (C=N–C) groups is 1. The third-order valence-electron chi connectivity index (χ3n) is 5.11. The first-order chi connectivity index (χ1) is 13.7. The van der Waals surface area contributed by atoms with Crippen LogP contribution >= 0.6 is 0 Å². The van der Waals surface area contributed by atoms with Crippen LogP contribution in [0, 0.1) is 5.92 Å². The molecule has 0 unspecified atom stereocenters. The van der Waals surface area contributed by atoms with Gasteiger partial charge in [-0.25, -0.2) is 0 Å². The van der Waals surface area contributed by atoms with Gasteiger partial charge in [0.15, 0.2) is 5.96 Å². The quantitative estimate of drug-likeness (QED) is 0.473. The zero-order chi connectivity index (χ0) is 19.8. The van der Waals surface area contributed by atoms with Gasteiger partial charge in [-0.2, -0.15) is 0 Å². The second kappa shape index (κ2) is 10.1. The van der Waals surface area contributed by atoms with Crippen molar-refractivity contribution in [2.75, 3.05) is 32.8 Å². The van der Waals surface area contributed by atoms with Gasteiger partial charge in [0.2, 0.25) is 0 Å². The minimum Gasteiger partial charge on any atom is -0.466 e. The lowest BCUT2D eigenvalue weighted by atomic mass is 9.97. The maximum atomic E-state index is 11.9. The number of nitrogens with zero attached hydrogens (tertiary/aromatic N) is 3. The number of carbonyl (C=O) groups is 1. The van der Waals surface area contributed by atoms with Gasteiger partial charge < -0.3 is 15.0 Å². The lowest BCUT2D eigenvalue weighted by Gasteiger charge is -2.33. The highest BCUT2D eigenvalue weighted by atomic mass is 16.5. The minimum absolute atomic E-state index is 0.0147. The van der Waals surface area contributed by atoms with Crippen LogP contribution in [-0.2, 0) is 16.0 Å². The van der Waals surface area contributed by atoms with Crippen LogP contribution in [0.2, 0.25) is 0 Å². The molecule has 0 aliphatic carbocycles. The summed E-state index contributed by atoms with van der Waals surface area (Å²) < 4.78 is 5.16. The van der Waals surface area contributed by atoms with Crippen molar-refractivity contribution in [2.45, 2.75) is 33.1 Å². The Balaban J connectivity index is 1.61. The van der Waals surface area contributed by atoms with E-state index in [4.69, 9.17) is 9.73 Å². The average molecular weight is 383 g/mol. The molecule has 0 spiro atoms. The van der Waals surface area contributed by atoms with E-state index in [0.29, 0.717) is 13.2 Å². The molecule has 28 heavy (non-hydrogen) atoms. The van der Waals surface area contributed by atoms with Gasteiger partial charge in [0, 0.05) is 37.8 Å². The van der Waals surface area contributed by atoms with Crippen LogP contribution in [0.5, 0.6) is 0 Å². The summed E-state index contributed by atoms with van der Waals surface area (Å²) in [6.07, 6.45) is 4.32. The average Bonchev–Trinajstić information content (AvgIpc) is 2.73. The highest BCUT2D eigenvalue weighted by Gasteiger charge is 2.27. The van der Waals surface area contributed by atoms with E-state index in [1.54, 1.807) is 0 Å². The van der Waals surface area contributed by atoms with Gasteiger partial charge in [-0.3, -0.25) is 14.8 Å². The van der Waals surface area contributed by atoms with Crippen LogP contribution in [0.1, 0.15) is 32.3 Å². The molecule has 1 aliphatic heterocycles. The van der Waals surface area contributed by atoms with Gasteiger partial charge in [0.05, 0.1) is 18.0 Å². The van der Waals surface area contributed by atoms with Crippen molar-refractivity contribution in [2.24, 2.45) is 10.9 Å². The van der Waals surface area contributed by atoms with Crippen molar-refractivity contribution in [3.63, 3.8) is 0 Å². The van der Waals surface area contributed by atoms with E-state index in [2.05, 4.69) is 46.4 Å². The number of pyridine rings is 1. The molecule has 1 N–H and O–H groups in total. The molecule has 6 nitrogen and oxygen atoms in total. The number of nitrogens with one attached hydrogen (secondary N) is 1. The monoisotopic (exact) mass is 382 g/mol. The SMILES string of the molecule is CCNC(=NCCc1cccc2cccnc12)N1CCC(C(=O)OCC)CC1. The Bertz CT molecular complexity index is 808. The second-order valence-electron chi connectivity index (χ2n) is 6.99. The molecule has 2 aromatic rings. The van der Waals surface area contributed by atoms with E-state index < -0.39 is 0 Å². The number of carbonyl (C=O) groups excluding carboxylic acids is 1. The summed E-state index contributed by atoms with van der Waals surface area (Å²) in [6.45, 7) is 7.56. The fourth-order valence-corrected chi connectivity index (χ4v) is 3.66.